The van der Waals surface area contributed by atoms with Crippen molar-refractivity contribution in [2.24, 2.45) is 0 Å². The van der Waals surface area contributed by atoms with E-state index in [4.69, 9.17) is 0 Å². The van der Waals surface area contributed by atoms with Crippen LogP contribution in [0.4, 0.5) is 0 Å². The van der Waals surface area contributed by atoms with E-state index in [1.54, 1.807) is 0 Å². The number of hydrogen-bond acceptors (Lipinski definition) is 0. The fourth-order valence-electron chi connectivity index (χ4n) is 1.78. The molecule has 66 valence electrons. The maximum Gasteiger partial charge on any atom is 1.00 e. The zero-order valence-electron chi connectivity index (χ0n) is 8.96. The van der Waals surface area contributed by atoms with Crippen LogP contribution in [-0.2, 0) is 6.42 Å². The Hall–Kier alpha value is -0.300. The molecule has 0 unspecified atom stereocenters. The Balaban J connectivity index is 0.000000980. The van der Waals surface area contributed by atoms with E-state index >= 15 is 0 Å². The Labute approximate surface area is 108 Å². The first-order valence-electron chi connectivity index (χ1n) is 4.88. The molecule has 0 fully saturated rings. The fourth-order valence-corrected chi connectivity index (χ4v) is 1.78. The van der Waals surface area contributed by atoms with Gasteiger partial charge in [-0.25, -0.2) is 0 Å². The molecule has 0 saturated heterocycles. The first-order valence-corrected chi connectivity index (χ1v) is 4.88. The van der Waals surface area contributed by atoms with Crippen molar-refractivity contribution in [3.63, 3.8) is 0 Å². The minimum atomic E-state index is 0. The average molecular weight is 193 g/mol. The number of benzene rings is 2. The smallest absolute Gasteiger partial charge is 0.0651 e. The van der Waals surface area contributed by atoms with Gasteiger partial charge in [-0.15, -0.1) is 0 Å². The summed E-state index contributed by atoms with van der Waals surface area (Å²) < 4.78 is 0. The van der Waals surface area contributed by atoms with Crippen molar-refractivity contribution in [2.75, 3.05) is 0 Å². The molecule has 14 heavy (non-hydrogen) atoms. The van der Waals surface area contributed by atoms with E-state index in [1.807, 2.05) is 0 Å². The van der Waals surface area contributed by atoms with Crippen molar-refractivity contribution in [2.45, 2.75) is 19.8 Å². The zero-order chi connectivity index (χ0) is 9.10. The van der Waals surface area contributed by atoms with Crippen molar-refractivity contribution in [3.8, 4) is 0 Å². The molecule has 0 saturated carbocycles. The molecule has 0 bridgehead atoms. The second-order valence-electron chi connectivity index (χ2n) is 3.39. The largest absolute Gasteiger partial charge is 1.00 e. The van der Waals surface area contributed by atoms with Crippen LogP contribution in [0.15, 0.2) is 42.5 Å². The Morgan fingerprint density at radius 3 is 2.43 bits per heavy atom. The molecule has 0 N–H and O–H groups in total. The van der Waals surface area contributed by atoms with E-state index < -0.39 is 0 Å². The third-order valence-electron chi connectivity index (χ3n) is 2.40. The summed E-state index contributed by atoms with van der Waals surface area (Å²) in [5.74, 6) is 0. The average Bonchev–Trinajstić information content (AvgIpc) is 2.19. The number of rotatable bonds is 2. The van der Waals surface area contributed by atoms with Crippen LogP contribution in [0.3, 0.4) is 0 Å². The van der Waals surface area contributed by atoms with Crippen molar-refractivity contribution in [3.05, 3.63) is 48.0 Å². The maximum atomic E-state index is 2.23. The zero-order valence-corrected chi connectivity index (χ0v) is 11.0. The van der Waals surface area contributed by atoms with Crippen LogP contribution in [0.25, 0.3) is 10.8 Å². The summed E-state index contributed by atoms with van der Waals surface area (Å²) >= 11 is 0. The van der Waals surface area contributed by atoms with Gasteiger partial charge in [0.15, 0.2) is 0 Å². The van der Waals surface area contributed by atoms with E-state index in [0.717, 1.165) is 0 Å². The van der Waals surface area contributed by atoms with Crippen LogP contribution >= 0.6 is 0 Å². The van der Waals surface area contributed by atoms with Gasteiger partial charge in [-0.2, -0.15) is 0 Å². The van der Waals surface area contributed by atoms with Gasteiger partial charge in [0.1, 0.15) is 0 Å². The molecule has 2 rings (SSSR count). The van der Waals surface area contributed by atoms with Crippen LogP contribution in [0.2, 0.25) is 0 Å². The molecule has 0 nitrogen and oxygen atoms in total. The third kappa shape index (κ3) is 2.38. The molecular formula is C13H14Na+. The summed E-state index contributed by atoms with van der Waals surface area (Å²) in [4.78, 5) is 0. The summed E-state index contributed by atoms with van der Waals surface area (Å²) in [6.45, 7) is 2.22. The number of fused-ring (bicyclic) bond motifs is 1. The van der Waals surface area contributed by atoms with Gasteiger partial charge in [0.05, 0.1) is 0 Å². The van der Waals surface area contributed by atoms with Gasteiger partial charge in [-0.3, -0.25) is 0 Å². The van der Waals surface area contributed by atoms with E-state index in [9.17, 15) is 0 Å². The second-order valence-corrected chi connectivity index (χ2v) is 3.39. The van der Waals surface area contributed by atoms with Gasteiger partial charge >= 0.3 is 29.6 Å². The normalized spacial score (nSPS) is 9.79. The van der Waals surface area contributed by atoms with Gasteiger partial charge in [0.2, 0.25) is 0 Å². The van der Waals surface area contributed by atoms with Crippen LogP contribution in [-0.4, -0.2) is 0 Å². The molecule has 0 spiro atoms. The quantitative estimate of drug-likeness (QED) is 0.619. The molecule has 0 aliphatic rings. The molecular weight excluding hydrogens is 179 g/mol. The van der Waals surface area contributed by atoms with E-state index in [-0.39, 0.29) is 29.6 Å². The van der Waals surface area contributed by atoms with Crippen molar-refractivity contribution in [1.82, 2.24) is 0 Å². The van der Waals surface area contributed by atoms with Crippen LogP contribution in [0, 0.1) is 0 Å². The van der Waals surface area contributed by atoms with Crippen LogP contribution in [0.1, 0.15) is 18.9 Å². The first kappa shape index (κ1) is 11.8. The predicted octanol–water partition coefficient (Wildman–Crippen LogP) is 0.796. The Kier molecular flexibility index (Phi) is 4.67. The molecule has 0 aliphatic heterocycles. The van der Waals surface area contributed by atoms with E-state index in [2.05, 4.69) is 49.4 Å². The Bertz CT molecular complexity index is 401. The summed E-state index contributed by atoms with van der Waals surface area (Å²) in [5.41, 5.74) is 1.47. The fraction of sp³-hybridized carbons (Fsp3) is 0.231. The molecule has 0 aromatic heterocycles. The molecule has 0 aliphatic carbocycles. The molecule has 0 heterocycles. The minimum Gasteiger partial charge on any atom is -0.0651 e. The van der Waals surface area contributed by atoms with Gasteiger partial charge in [-0.05, 0) is 22.8 Å². The molecule has 0 radical (unpaired) electrons. The van der Waals surface area contributed by atoms with Crippen molar-refractivity contribution >= 4 is 10.8 Å². The molecule has 2 aromatic carbocycles. The second kappa shape index (κ2) is 5.55. The molecule has 0 atom stereocenters. The van der Waals surface area contributed by atoms with Gasteiger partial charge in [-0.1, -0.05) is 55.8 Å². The van der Waals surface area contributed by atoms with E-state index in [1.165, 1.54) is 29.2 Å². The number of aryl methyl sites for hydroxylation is 1. The van der Waals surface area contributed by atoms with Crippen LogP contribution < -0.4 is 29.6 Å². The molecule has 2 aromatic rings. The summed E-state index contributed by atoms with van der Waals surface area (Å²) in [5, 5.41) is 2.76. The van der Waals surface area contributed by atoms with Gasteiger partial charge < -0.3 is 0 Å². The SMILES string of the molecule is CCCc1cccc2ccccc12.[Na+]. The first-order chi connectivity index (χ1) is 6.42. The van der Waals surface area contributed by atoms with E-state index in [0.29, 0.717) is 0 Å². The van der Waals surface area contributed by atoms with Crippen molar-refractivity contribution < 1.29 is 29.6 Å². The summed E-state index contributed by atoms with van der Waals surface area (Å²) in [6, 6.07) is 15.1. The van der Waals surface area contributed by atoms with Gasteiger partial charge in [0.25, 0.3) is 0 Å². The third-order valence-corrected chi connectivity index (χ3v) is 2.40. The predicted molar refractivity (Wildman–Crippen MR) is 57.9 cm³/mol. The molecule has 0 amide bonds. The Morgan fingerprint density at radius 2 is 1.64 bits per heavy atom. The summed E-state index contributed by atoms with van der Waals surface area (Å²) in [7, 11) is 0. The van der Waals surface area contributed by atoms with Crippen molar-refractivity contribution in [1.29, 1.82) is 0 Å². The standard InChI is InChI=1S/C13H14.Na/c1-2-6-11-8-5-9-12-7-3-4-10-13(11)12;/h3-5,7-10H,2,6H2,1H3;/q;+1. The summed E-state index contributed by atoms with van der Waals surface area (Å²) in [6.07, 6.45) is 2.40. The van der Waals surface area contributed by atoms with Gasteiger partial charge in [0, 0.05) is 0 Å². The molecule has 1 heteroatoms. The van der Waals surface area contributed by atoms with Crippen LogP contribution in [0.5, 0.6) is 0 Å². The monoisotopic (exact) mass is 193 g/mol. The maximum absolute atomic E-state index is 2.23. The Morgan fingerprint density at radius 1 is 0.929 bits per heavy atom. The topological polar surface area (TPSA) is 0 Å². The minimum absolute atomic E-state index is 0. The number of hydrogen-bond donors (Lipinski definition) is 0.